The van der Waals surface area contributed by atoms with Crippen LogP contribution in [-0.4, -0.2) is 16.0 Å². The van der Waals surface area contributed by atoms with Crippen molar-refractivity contribution >= 4 is 33.4 Å². The number of hydrogen-bond acceptors (Lipinski definition) is 4. The van der Waals surface area contributed by atoms with Crippen molar-refractivity contribution in [3.05, 3.63) is 40.2 Å². The van der Waals surface area contributed by atoms with Gasteiger partial charge in [-0.05, 0) is 43.9 Å². The lowest BCUT2D eigenvalue weighted by molar-refractivity contribution is 0.460. The highest BCUT2D eigenvalue weighted by atomic mass is 79.9. The first-order valence-corrected chi connectivity index (χ1v) is 9.84. The summed E-state index contributed by atoms with van der Waals surface area (Å²) in [4.78, 5) is 9.29. The maximum absolute atomic E-state index is 14.1. The zero-order chi connectivity index (χ0) is 17.2. The van der Waals surface area contributed by atoms with Gasteiger partial charge in [0.2, 0.25) is 5.95 Å². The van der Waals surface area contributed by atoms with Crippen LogP contribution >= 0.6 is 15.9 Å². The number of nitrogens with zero attached hydrogens (tertiary/aromatic N) is 2. The van der Waals surface area contributed by atoms with Crippen LogP contribution in [0, 0.1) is 5.82 Å². The summed E-state index contributed by atoms with van der Waals surface area (Å²) in [7, 11) is 0. The Labute approximate surface area is 155 Å². The van der Waals surface area contributed by atoms with Gasteiger partial charge in [-0.2, -0.15) is 4.98 Å². The molecule has 0 atom stereocenters. The van der Waals surface area contributed by atoms with Crippen molar-refractivity contribution in [1.82, 2.24) is 9.97 Å². The highest BCUT2D eigenvalue weighted by Gasteiger charge is 2.27. The third kappa shape index (κ3) is 4.29. The number of anilines is 3. The van der Waals surface area contributed by atoms with E-state index in [1.54, 1.807) is 6.07 Å². The van der Waals surface area contributed by atoms with Gasteiger partial charge in [0.1, 0.15) is 11.6 Å². The fourth-order valence-electron chi connectivity index (χ4n) is 3.34. The van der Waals surface area contributed by atoms with Crippen LogP contribution in [0.2, 0.25) is 0 Å². The molecule has 2 aliphatic rings. The smallest absolute Gasteiger partial charge is 0.225 e. The Morgan fingerprint density at radius 3 is 2.52 bits per heavy atom. The number of rotatable bonds is 5. The number of halogens is 2. The van der Waals surface area contributed by atoms with Gasteiger partial charge < -0.3 is 10.6 Å². The van der Waals surface area contributed by atoms with Gasteiger partial charge in [0.25, 0.3) is 0 Å². The highest BCUT2D eigenvalue weighted by Crippen LogP contribution is 2.40. The summed E-state index contributed by atoms with van der Waals surface area (Å²) < 4.78 is 14.8. The van der Waals surface area contributed by atoms with Gasteiger partial charge >= 0.3 is 0 Å². The van der Waals surface area contributed by atoms with Gasteiger partial charge in [-0.15, -0.1) is 0 Å². The van der Waals surface area contributed by atoms with Crippen LogP contribution in [0.5, 0.6) is 0 Å². The van der Waals surface area contributed by atoms with Gasteiger partial charge in [0, 0.05) is 22.5 Å². The molecular formula is C19H22BrFN4. The summed E-state index contributed by atoms with van der Waals surface area (Å²) >= 11 is 3.28. The van der Waals surface area contributed by atoms with Gasteiger partial charge in [-0.3, -0.25) is 0 Å². The molecule has 2 aromatic rings. The number of aromatic nitrogens is 2. The summed E-state index contributed by atoms with van der Waals surface area (Å²) in [5, 5.41) is 6.60. The molecule has 1 heterocycles. The molecule has 132 valence electrons. The summed E-state index contributed by atoms with van der Waals surface area (Å²) in [5.41, 5.74) is 1.47. The predicted molar refractivity (Wildman–Crippen MR) is 102 cm³/mol. The zero-order valence-electron chi connectivity index (χ0n) is 14.1. The third-order valence-corrected chi connectivity index (χ3v) is 5.37. The van der Waals surface area contributed by atoms with Gasteiger partial charge in [-0.25, -0.2) is 9.37 Å². The molecule has 2 aliphatic carbocycles. The molecule has 0 amide bonds. The van der Waals surface area contributed by atoms with Crippen molar-refractivity contribution in [2.24, 2.45) is 0 Å². The van der Waals surface area contributed by atoms with Crippen LogP contribution in [0.25, 0.3) is 0 Å². The Morgan fingerprint density at radius 1 is 1.00 bits per heavy atom. The minimum absolute atomic E-state index is 0.303. The van der Waals surface area contributed by atoms with Crippen LogP contribution in [-0.2, 0) is 0 Å². The first-order chi connectivity index (χ1) is 12.2. The van der Waals surface area contributed by atoms with E-state index in [1.165, 1.54) is 51.0 Å². The summed E-state index contributed by atoms with van der Waals surface area (Å²) in [6.07, 6.45) is 8.52. The molecule has 0 bridgehead atoms. The van der Waals surface area contributed by atoms with Crippen LogP contribution in [0.3, 0.4) is 0 Å². The second kappa shape index (κ2) is 7.28. The molecule has 1 aromatic carbocycles. The Bertz CT molecular complexity index is 757. The number of nitrogens with one attached hydrogen (secondary N) is 2. The molecule has 2 saturated carbocycles. The molecule has 25 heavy (non-hydrogen) atoms. The van der Waals surface area contributed by atoms with Crippen LogP contribution < -0.4 is 10.6 Å². The van der Waals surface area contributed by atoms with E-state index in [2.05, 4.69) is 31.5 Å². The molecule has 4 nitrogen and oxygen atoms in total. The first kappa shape index (κ1) is 16.8. The lowest BCUT2D eigenvalue weighted by atomic mass is 9.96. The Balaban J connectivity index is 1.57. The Kier molecular flexibility index (Phi) is 4.88. The van der Waals surface area contributed by atoms with E-state index in [0.29, 0.717) is 29.4 Å². The summed E-state index contributed by atoms with van der Waals surface area (Å²) in [6.45, 7) is 0. The molecule has 0 aliphatic heterocycles. The van der Waals surface area contributed by atoms with Crippen molar-refractivity contribution in [3.8, 4) is 0 Å². The van der Waals surface area contributed by atoms with Crippen molar-refractivity contribution in [3.63, 3.8) is 0 Å². The number of hydrogen-bond donors (Lipinski definition) is 2. The van der Waals surface area contributed by atoms with Crippen molar-refractivity contribution in [2.75, 3.05) is 10.6 Å². The molecular weight excluding hydrogens is 383 g/mol. The normalized spacial score (nSPS) is 18.2. The minimum Gasteiger partial charge on any atom is -0.351 e. The molecule has 0 unspecified atom stereocenters. The fourth-order valence-corrected chi connectivity index (χ4v) is 3.67. The first-order valence-electron chi connectivity index (χ1n) is 9.05. The maximum Gasteiger partial charge on any atom is 0.225 e. The second-order valence-electron chi connectivity index (χ2n) is 7.00. The standard InChI is InChI=1S/C19H22BrFN4/c20-13-8-9-16(15(21)10-13)23-18-11-17(12-6-7-12)24-19(25-18)22-14-4-2-1-3-5-14/h8-12,14H,1-7H2,(H2,22,23,24,25). The summed E-state index contributed by atoms with van der Waals surface area (Å²) in [5.74, 6) is 1.53. The van der Waals surface area contributed by atoms with Gasteiger partial charge in [-0.1, -0.05) is 35.2 Å². The molecule has 2 N–H and O–H groups in total. The Hall–Kier alpha value is -1.69. The fraction of sp³-hybridized carbons (Fsp3) is 0.474. The van der Waals surface area contributed by atoms with E-state index >= 15 is 0 Å². The van der Waals surface area contributed by atoms with Crippen LogP contribution in [0.4, 0.5) is 21.8 Å². The van der Waals surface area contributed by atoms with Crippen LogP contribution in [0.1, 0.15) is 56.6 Å². The SMILES string of the molecule is Fc1cc(Br)ccc1Nc1cc(C2CC2)nc(NC2CCCCC2)n1. The lowest BCUT2D eigenvalue weighted by Gasteiger charge is -2.23. The molecule has 0 radical (unpaired) electrons. The van der Waals surface area contributed by atoms with Crippen molar-refractivity contribution < 1.29 is 4.39 Å². The van der Waals surface area contributed by atoms with Crippen LogP contribution in [0.15, 0.2) is 28.7 Å². The maximum atomic E-state index is 14.1. The molecule has 6 heteroatoms. The minimum atomic E-state index is -0.303. The van der Waals surface area contributed by atoms with E-state index in [0.717, 1.165) is 10.2 Å². The second-order valence-corrected chi connectivity index (χ2v) is 7.92. The van der Waals surface area contributed by atoms with E-state index in [9.17, 15) is 4.39 Å². The zero-order valence-corrected chi connectivity index (χ0v) is 15.7. The van der Waals surface area contributed by atoms with Crippen molar-refractivity contribution in [1.29, 1.82) is 0 Å². The van der Waals surface area contributed by atoms with E-state index < -0.39 is 0 Å². The Morgan fingerprint density at radius 2 is 1.80 bits per heavy atom. The summed E-state index contributed by atoms with van der Waals surface area (Å²) in [6, 6.07) is 7.38. The molecule has 4 rings (SSSR count). The van der Waals surface area contributed by atoms with Gasteiger partial charge in [0.15, 0.2) is 0 Å². The molecule has 0 saturated heterocycles. The average Bonchev–Trinajstić information content (AvgIpc) is 3.43. The topological polar surface area (TPSA) is 49.8 Å². The average molecular weight is 405 g/mol. The third-order valence-electron chi connectivity index (χ3n) is 4.87. The lowest BCUT2D eigenvalue weighted by Crippen LogP contribution is -2.23. The molecule has 2 fully saturated rings. The van der Waals surface area contributed by atoms with E-state index in [4.69, 9.17) is 4.98 Å². The predicted octanol–water partition coefficient (Wildman–Crippen LogP) is 5.74. The highest BCUT2D eigenvalue weighted by molar-refractivity contribution is 9.10. The number of benzene rings is 1. The quantitative estimate of drug-likeness (QED) is 0.666. The van der Waals surface area contributed by atoms with E-state index in [-0.39, 0.29) is 5.82 Å². The molecule has 1 aromatic heterocycles. The van der Waals surface area contributed by atoms with Gasteiger partial charge in [0.05, 0.1) is 11.4 Å². The largest absolute Gasteiger partial charge is 0.351 e. The van der Waals surface area contributed by atoms with Crippen molar-refractivity contribution in [2.45, 2.75) is 56.9 Å². The molecule has 0 spiro atoms. The monoisotopic (exact) mass is 404 g/mol. The van der Waals surface area contributed by atoms with E-state index in [1.807, 2.05) is 12.1 Å².